The van der Waals surface area contributed by atoms with Crippen molar-refractivity contribution in [2.24, 2.45) is 5.73 Å². The maximum atomic E-state index is 7.67. The number of morpholine rings is 1. The van der Waals surface area contributed by atoms with Crippen molar-refractivity contribution in [2.45, 2.75) is 25.0 Å². The zero-order chi connectivity index (χ0) is 12.7. The van der Waals surface area contributed by atoms with Crippen LogP contribution in [0.4, 0.5) is 5.69 Å². The van der Waals surface area contributed by atoms with E-state index in [-0.39, 0.29) is 5.84 Å². The minimum absolute atomic E-state index is 0.0614. The Morgan fingerprint density at radius 1 is 1.33 bits per heavy atom. The Hall–Kier alpha value is -1.26. The first-order valence-electron chi connectivity index (χ1n) is 6.18. The van der Waals surface area contributed by atoms with Gasteiger partial charge in [0.2, 0.25) is 0 Å². The number of hydrogen-bond donors (Lipinski definition) is 2. The quantitative estimate of drug-likeness (QED) is 0.635. The van der Waals surface area contributed by atoms with Gasteiger partial charge >= 0.3 is 0 Å². The molecule has 2 atom stereocenters. The molecular formula is C13H16ClN3O. The summed E-state index contributed by atoms with van der Waals surface area (Å²) in [6, 6.07) is 5.56. The fourth-order valence-corrected chi connectivity index (χ4v) is 2.98. The van der Waals surface area contributed by atoms with Crippen LogP contribution in [0.2, 0.25) is 5.02 Å². The second kappa shape index (κ2) is 4.44. The third kappa shape index (κ3) is 2.06. The molecule has 2 bridgehead atoms. The number of hydrogen-bond acceptors (Lipinski definition) is 3. The topological polar surface area (TPSA) is 62.3 Å². The normalized spacial score (nSPS) is 26.4. The number of nitrogens with zero attached hydrogens (tertiary/aromatic N) is 1. The maximum absolute atomic E-state index is 7.67. The molecule has 2 aliphatic rings. The van der Waals surface area contributed by atoms with Gasteiger partial charge in [0.05, 0.1) is 12.2 Å². The zero-order valence-electron chi connectivity index (χ0n) is 10.0. The number of nitrogen functional groups attached to an aromatic ring is 1. The second-order valence-electron chi connectivity index (χ2n) is 4.94. The van der Waals surface area contributed by atoms with Gasteiger partial charge in [-0.1, -0.05) is 11.6 Å². The van der Waals surface area contributed by atoms with Crippen LogP contribution in [0.3, 0.4) is 0 Å². The molecule has 2 fully saturated rings. The minimum Gasteiger partial charge on any atom is -0.384 e. The zero-order valence-corrected chi connectivity index (χ0v) is 10.8. The SMILES string of the molecule is N=C(N)c1cc(Cl)ccc1N1CC2CCC(C1)O2. The van der Waals surface area contributed by atoms with Crippen molar-refractivity contribution < 1.29 is 4.74 Å². The van der Waals surface area contributed by atoms with E-state index in [4.69, 9.17) is 27.5 Å². The predicted molar refractivity (Wildman–Crippen MR) is 72.6 cm³/mol. The molecule has 0 saturated carbocycles. The van der Waals surface area contributed by atoms with Crippen LogP contribution in [0.25, 0.3) is 0 Å². The molecule has 2 aliphatic heterocycles. The Kier molecular flexibility index (Phi) is 2.92. The number of amidine groups is 1. The maximum Gasteiger partial charge on any atom is 0.124 e. The molecule has 1 aromatic rings. The highest BCUT2D eigenvalue weighted by atomic mass is 35.5. The van der Waals surface area contributed by atoms with Gasteiger partial charge in [0.25, 0.3) is 0 Å². The summed E-state index contributed by atoms with van der Waals surface area (Å²) in [5.41, 5.74) is 7.35. The lowest BCUT2D eigenvalue weighted by Gasteiger charge is -2.35. The van der Waals surface area contributed by atoms with Crippen LogP contribution < -0.4 is 10.6 Å². The summed E-state index contributed by atoms with van der Waals surface area (Å²) < 4.78 is 5.82. The molecule has 3 rings (SSSR count). The Morgan fingerprint density at radius 3 is 2.61 bits per heavy atom. The molecule has 2 heterocycles. The lowest BCUT2D eigenvalue weighted by atomic mass is 10.1. The van der Waals surface area contributed by atoms with E-state index in [2.05, 4.69) is 4.90 Å². The molecule has 0 aromatic heterocycles. The summed E-state index contributed by atoms with van der Waals surface area (Å²) in [6.45, 7) is 1.75. The molecular weight excluding hydrogens is 250 g/mol. The first-order chi connectivity index (χ1) is 8.63. The van der Waals surface area contributed by atoms with E-state index in [1.54, 1.807) is 6.07 Å². The molecule has 1 aromatic carbocycles. The van der Waals surface area contributed by atoms with E-state index in [9.17, 15) is 0 Å². The monoisotopic (exact) mass is 265 g/mol. The lowest BCUT2D eigenvalue weighted by molar-refractivity contribution is 0.0305. The summed E-state index contributed by atoms with van der Waals surface area (Å²) in [5.74, 6) is 0.0614. The van der Waals surface area contributed by atoms with Crippen LogP contribution in [-0.4, -0.2) is 31.1 Å². The summed E-state index contributed by atoms with van der Waals surface area (Å²) in [5, 5.41) is 8.28. The first kappa shape index (κ1) is 11.8. The van der Waals surface area contributed by atoms with Gasteiger partial charge in [-0.05, 0) is 31.0 Å². The lowest BCUT2D eigenvalue weighted by Crippen LogP contribution is -2.43. The van der Waals surface area contributed by atoms with Crippen molar-refractivity contribution in [3.8, 4) is 0 Å². The summed E-state index contributed by atoms with van der Waals surface area (Å²) in [6.07, 6.45) is 2.90. The molecule has 2 saturated heterocycles. The van der Waals surface area contributed by atoms with Crippen LogP contribution in [-0.2, 0) is 4.74 Å². The van der Waals surface area contributed by atoms with Crippen molar-refractivity contribution in [1.82, 2.24) is 0 Å². The smallest absolute Gasteiger partial charge is 0.124 e. The highest BCUT2D eigenvalue weighted by Crippen LogP contribution is 2.32. The van der Waals surface area contributed by atoms with E-state index >= 15 is 0 Å². The van der Waals surface area contributed by atoms with Gasteiger partial charge in [-0.15, -0.1) is 0 Å². The van der Waals surface area contributed by atoms with E-state index < -0.39 is 0 Å². The van der Waals surface area contributed by atoms with Crippen molar-refractivity contribution in [3.05, 3.63) is 28.8 Å². The second-order valence-corrected chi connectivity index (χ2v) is 5.37. The van der Waals surface area contributed by atoms with E-state index in [0.29, 0.717) is 22.8 Å². The number of ether oxygens (including phenoxy) is 1. The van der Waals surface area contributed by atoms with Gasteiger partial charge in [-0.25, -0.2) is 0 Å². The number of rotatable bonds is 2. The third-order valence-electron chi connectivity index (χ3n) is 3.63. The highest BCUT2D eigenvalue weighted by molar-refractivity contribution is 6.31. The Bertz CT molecular complexity index is 479. The van der Waals surface area contributed by atoms with Gasteiger partial charge in [0.1, 0.15) is 5.84 Å². The fraction of sp³-hybridized carbons (Fsp3) is 0.462. The number of benzene rings is 1. The van der Waals surface area contributed by atoms with Crippen molar-refractivity contribution in [2.75, 3.05) is 18.0 Å². The molecule has 3 N–H and O–H groups in total. The molecule has 2 unspecified atom stereocenters. The van der Waals surface area contributed by atoms with Gasteiger partial charge in [-0.2, -0.15) is 0 Å². The number of nitrogens with two attached hydrogens (primary N) is 1. The molecule has 5 heteroatoms. The Labute approximate surface area is 111 Å². The van der Waals surface area contributed by atoms with Crippen LogP contribution in [0, 0.1) is 5.41 Å². The molecule has 0 amide bonds. The Morgan fingerprint density at radius 2 is 2.00 bits per heavy atom. The molecule has 0 aliphatic carbocycles. The van der Waals surface area contributed by atoms with Gasteiger partial charge < -0.3 is 15.4 Å². The molecule has 0 spiro atoms. The van der Waals surface area contributed by atoms with E-state index in [1.165, 1.54) is 0 Å². The average molecular weight is 266 g/mol. The summed E-state index contributed by atoms with van der Waals surface area (Å²) >= 11 is 5.97. The van der Waals surface area contributed by atoms with Crippen LogP contribution >= 0.6 is 11.6 Å². The van der Waals surface area contributed by atoms with Crippen molar-refractivity contribution in [1.29, 1.82) is 5.41 Å². The summed E-state index contributed by atoms with van der Waals surface area (Å²) in [7, 11) is 0. The molecule has 96 valence electrons. The predicted octanol–water partition coefficient (Wildman–Crippen LogP) is 1.99. The van der Waals surface area contributed by atoms with Crippen molar-refractivity contribution in [3.63, 3.8) is 0 Å². The van der Waals surface area contributed by atoms with Crippen molar-refractivity contribution >= 4 is 23.1 Å². The molecule has 18 heavy (non-hydrogen) atoms. The standard InChI is InChI=1S/C13H16ClN3O/c14-8-1-4-12(11(5-8)13(15)16)17-6-9-2-3-10(7-17)18-9/h1,4-5,9-10H,2-3,6-7H2,(H3,15,16). The Balaban J connectivity index is 1.94. The number of halogens is 1. The third-order valence-corrected chi connectivity index (χ3v) is 3.87. The number of anilines is 1. The van der Waals surface area contributed by atoms with Crippen LogP contribution in [0.1, 0.15) is 18.4 Å². The number of nitrogens with one attached hydrogen (secondary N) is 1. The van der Waals surface area contributed by atoms with Crippen LogP contribution in [0.5, 0.6) is 0 Å². The molecule has 4 nitrogen and oxygen atoms in total. The van der Waals surface area contributed by atoms with Gasteiger partial charge in [0.15, 0.2) is 0 Å². The summed E-state index contributed by atoms with van der Waals surface area (Å²) in [4.78, 5) is 2.26. The average Bonchev–Trinajstić information content (AvgIpc) is 2.68. The number of fused-ring (bicyclic) bond motifs is 2. The van der Waals surface area contributed by atoms with Gasteiger partial charge in [0, 0.05) is 29.4 Å². The van der Waals surface area contributed by atoms with E-state index in [1.807, 2.05) is 12.1 Å². The van der Waals surface area contributed by atoms with E-state index in [0.717, 1.165) is 31.6 Å². The largest absolute Gasteiger partial charge is 0.384 e. The molecule has 0 radical (unpaired) electrons. The van der Waals surface area contributed by atoms with Crippen LogP contribution in [0.15, 0.2) is 18.2 Å². The highest BCUT2D eigenvalue weighted by Gasteiger charge is 2.34. The fourth-order valence-electron chi connectivity index (χ4n) is 2.81. The minimum atomic E-state index is 0.0614. The first-order valence-corrected chi connectivity index (χ1v) is 6.55. The van der Waals surface area contributed by atoms with Gasteiger partial charge in [-0.3, -0.25) is 5.41 Å².